The minimum absolute atomic E-state index is 0.139. The van der Waals surface area contributed by atoms with Gasteiger partial charge in [-0.15, -0.1) is 11.3 Å². The van der Waals surface area contributed by atoms with Crippen LogP contribution in [0.5, 0.6) is 0 Å². The minimum Gasteiger partial charge on any atom is -0.453 e. The fourth-order valence-electron chi connectivity index (χ4n) is 9.61. The van der Waals surface area contributed by atoms with Gasteiger partial charge in [0.25, 0.3) is 0 Å². The van der Waals surface area contributed by atoms with Crippen molar-refractivity contribution < 1.29 is 4.42 Å². The molecule has 1 aliphatic rings. The quantitative estimate of drug-likeness (QED) is 0.179. The number of thiophene rings is 1. The smallest absolute Gasteiger partial charge is 0.159 e. The molecule has 1 aliphatic carbocycles. The third-order valence-electron chi connectivity index (χ3n) is 12.2. The fraction of sp³-hybridized carbons (Fsp3) is 0.0566. The van der Waals surface area contributed by atoms with Gasteiger partial charge in [0.1, 0.15) is 5.58 Å². The third kappa shape index (κ3) is 4.38. The van der Waals surface area contributed by atoms with Gasteiger partial charge in [-0.2, -0.15) is 0 Å². The van der Waals surface area contributed by atoms with E-state index in [0.29, 0.717) is 0 Å². The number of para-hydroxylation sites is 1. The Morgan fingerprint density at radius 2 is 1.09 bits per heavy atom. The Labute approximate surface area is 328 Å². The van der Waals surface area contributed by atoms with E-state index in [0.717, 1.165) is 44.6 Å². The van der Waals surface area contributed by atoms with Crippen LogP contribution < -0.4 is 4.90 Å². The number of benzene rings is 9. The van der Waals surface area contributed by atoms with E-state index in [1.54, 1.807) is 0 Å². The maximum atomic E-state index is 7.38. The van der Waals surface area contributed by atoms with Crippen LogP contribution in [0.15, 0.2) is 180 Å². The molecule has 2 aromatic heterocycles. The lowest BCUT2D eigenvalue weighted by atomic mass is 9.82. The van der Waals surface area contributed by atoms with Gasteiger partial charge in [-0.05, 0) is 74.8 Å². The molecule has 0 bridgehead atoms. The zero-order chi connectivity index (χ0) is 37.1. The molecule has 0 atom stereocenters. The van der Waals surface area contributed by atoms with Crippen LogP contribution in [-0.4, -0.2) is 0 Å². The lowest BCUT2D eigenvalue weighted by Crippen LogP contribution is -2.16. The second-order valence-corrected chi connectivity index (χ2v) is 16.7. The molecule has 2 heterocycles. The van der Waals surface area contributed by atoms with E-state index in [-0.39, 0.29) is 5.41 Å². The van der Waals surface area contributed by atoms with Gasteiger partial charge in [0.2, 0.25) is 0 Å². The van der Waals surface area contributed by atoms with Gasteiger partial charge in [-0.25, -0.2) is 0 Å². The van der Waals surface area contributed by atoms with Crippen molar-refractivity contribution in [3.8, 4) is 22.3 Å². The lowest BCUT2D eigenvalue weighted by Gasteiger charge is -2.29. The number of anilines is 3. The zero-order valence-electron chi connectivity index (χ0n) is 31.0. The highest BCUT2D eigenvalue weighted by Gasteiger charge is 2.36. The van der Waals surface area contributed by atoms with Gasteiger partial charge in [-0.3, -0.25) is 0 Å². The first-order chi connectivity index (χ1) is 27.5. The van der Waals surface area contributed by atoms with Crippen LogP contribution in [0.4, 0.5) is 17.1 Å². The van der Waals surface area contributed by atoms with Crippen molar-refractivity contribution in [3.63, 3.8) is 0 Å². The first-order valence-electron chi connectivity index (χ1n) is 19.3. The van der Waals surface area contributed by atoms with Crippen molar-refractivity contribution in [2.24, 2.45) is 0 Å². The molecule has 0 amide bonds. The summed E-state index contributed by atoms with van der Waals surface area (Å²) in [6, 6.07) is 64.5. The molecular formula is C53H35NOS. The highest BCUT2D eigenvalue weighted by Crippen LogP contribution is 2.53. The van der Waals surface area contributed by atoms with E-state index in [4.69, 9.17) is 4.42 Å². The largest absolute Gasteiger partial charge is 0.453 e. The average Bonchev–Trinajstić information content (AvgIpc) is 3.88. The van der Waals surface area contributed by atoms with E-state index in [2.05, 4.69) is 195 Å². The summed E-state index contributed by atoms with van der Waals surface area (Å²) in [6.07, 6.45) is 0. The monoisotopic (exact) mass is 733 g/mol. The highest BCUT2D eigenvalue weighted by atomic mass is 32.1. The SMILES string of the molecule is CC1(C)c2ccccc2-c2ccc(N(c3cccc4ccccc34)c3cccc4c3oc3c(-c5cccc6c5sc5ccccc56)c5ccccc5cc34)cc21. The number of rotatable bonds is 4. The molecule has 9 aromatic carbocycles. The van der Waals surface area contributed by atoms with E-state index in [1.807, 2.05) is 11.3 Å². The van der Waals surface area contributed by atoms with Crippen molar-refractivity contribution in [1.82, 2.24) is 0 Å². The molecule has 0 saturated heterocycles. The van der Waals surface area contributed by atoms with Gasteiger partial charge >= 0.3 is 0 Å². The van der Waals surface area contributed by atoms with Crippen molar-refractivity contribution in [2.45, 2.75) is 19.3 Å². The normalized spacial score (nSPS) is 13.3. The fourth-order valence-corrected chi connectivity index (χ4v) is 10.8. The molecule has 0 radical (unpaired) electrons. The molecule has 264 valence electrons. The molecule has 0 aliphatic heterocycles. The molecule has 2 nitrogen and oxygen atoms in total. The molecule has 0 N–H and O–H groups in total. The lowest BCUT2D eigenvalue weighted by molar-refractivity contribution is 0.660. The summed E-state index contributed by atoms with van der Waals surface area (Å²) in [5.74, 6) is 0. The number of furan rings is 1. The van der Waals surface area contributed by atoms with Crippen molar-refractivity contribution >= 4 is 92.1 Å². The van der Waals surface area contributed by atoms with Crippen LogP contribution >= 0.6 is 11.3 Å². The molecule has 0 unspecified atom stereocenters. The molecular weight excluding hydrogens is 699 g/mol. The van der Waals surface area contributed by atoms with Crippen molar-refractivity contribution in [1.29, 1.82) is 0 Å². The number of fused-ring (bicyclic) bond motifs is 11. The predicted molar refractivity (Wildman–Crippen MR) is 239 cm³/mol. The average molecular weight is 734 g/mol. The predicted octanol–water partition coefficient (Wildman–Crippen LogP) is 15.7. The second kappa shape index (κ2) is 11.7. The Hall–Kier alpha value is -6.68. The standard InChI is InChI=1S/C53H35NOS/c1-53(2)44-24-9-7-19-37(44)38-29-28-34(31-45(38)53)54(46-25-11-16-32-14-3-5-17-35(32)46)47-26-13-21-40-43-30-33-15-4-6-18-36(33)49(51(43)55-50(40)47)42-23-12-22-41-39-20-8-10-27-48(39)56-52(41)42/h3-31H,1-2H3. The first-order valence-corrected chi connectivity index (χ1v) is 20.2. The second-order valence-electron chi connectivity index (χ2n) is 15.6. The Morgan fingerprint density at radius 3 is 2.00 bits per heavy atom. The van der Waals surface area contributed by atoms with E-state index in [1.165, 1.54) is 69.5 Å². The molecule has 3 heteroatoms. The van der Waals surface area contributed by atoms with E-state index < -0.39 is 0 Å². The number of hydrogen-bond acceptors (Lipinski definition) is 3. The Bertz CT molecular complexity index is 3410. The summed E-state index contributed by atoms with van der Waals surface area (Å²) < 4.78 is 9.96. The van der Waals surface area contributed by atoms with Crippen molar-refractivity contribution in [3.05, 3.63) is 187 Å². The highest BCUT2D eigenvalue weighted by molar-refractivity contribution is 7.26. The molecule has 0 spiro atoms. The summed E-state index contributed by atoms with van der Waals surface area (Å²) in [6.45, 7) is 4.71. The third-order valence-corrected chi connectivity index (χ3v) is 13.5. The molecule has 11 aromatic rings. The summed E-state index contributed by atoms with van der Waals surface area (Å²) in [5.41, 5.74) is 12.6. The van der Waals surface area contributed by atoms with Crippen LogP contribution in [0.2, 0.25) is 0 Å². The summed E-state index contributed by atoms with van der Waals surface area (Å²) in [5, 5.41) is 9.59. The Morgan fingerprint density at radius 1 is 0.446 bits per heavy atom. The molecule has 12 rings (SSSR count). The van der Waals surface area contributed by atoms with Crippen LogP contribution in [0, 0.1) is 0 Å². The minimum atomic E-state index is -0.139. The Kier molecular flexibility index (Phi) is 6.59. The van der Waals surface area contributed by atoms with E-state index in [9.17, 15) is 0 Å². The number of nitrogens with zero attached hydrogens (tertiary/aromatic N) is 1. The van der Waals surface area contributed by atoms with E-state index >= 15 is 0 Å². The van der Waals surface area contributed by atoms with Crippen LogP contribution in [0.3, 0.4) is 0 Å². The van der Waals surface area contributed by atoms with Crippen LogP contribution in [-0.2, 0) is 5.41 Å². The maximum Gasteiger partial charge on any atom is 0.159 e. The maximum absolute atomic E-state index is 7.38. The first kappa shape index (κ1) is 31.6. The topological polar surface area (TPSA) is 16.4 Å². The molecule has 0 fully saturated rings. The summed E-state index contributed by atoms with van der Waals surface area (Å²) >= 11 is 1.87. The van der Waals surface area contributed by atoms with Crippen LogP contribution in [0.1, 0.15) is 25.0 Å². The van der Waals surface area contributed by atoms with Gasteiger partial charge in [0.15, 0.2) is 5.58 Å². The Balaban J connectivity index is 1.17. The molecule has 0 saturated carbocycles. The number of hydrogen-bond donors (Lipinski definition) is 0. The van der Waals surface area contributed by atoms with Gasteiger partial charge < -0.3 is 9.32 Å². The van der Waals surface area contributed by atoms with Gasteiger partial charge in [-0.1, -0.05) is 153 Å². The zero-order valence-corrected chi connectivity index (χ0v) is 31.8. The van der Waals surface area contributed by atoms with Gasteiger partial charge in [0, 0.05) is 58.6 Å². The van der Waals surface area contributed by atoms with Crippen molar-refractivity contribution in [2.75, 3.05) is 4.90 Å². The summed E-state index contributed by atoms with van der Waals surface area (Å²) in [7, 11) is 0. The molecule has 56 heavy (non-hydrogen) atoms. The van der Waals surface area contributed by atoms with Gasteiger partial charge in [0.05, 0.1) is 11.4 Å². The summed E-state index contributed by atoms with van der Waals surface area (Å²) in [4.78, 5) is 2.43. The van der Waals surface area contributed by atoms with Crippen LogP contribution in [0.25, 0.3) is 85.9 Å².